The van der Waals surface area contributed by atoms with Gasteiger partial charge < -0.3 is 23.7 Å². The number of fused-ring (bicyclic) bond motifs is 5. The number of esters is 2. The molecule has 4 aliphatic carbocycles. The molecule has 0 radical (unpaired) electrons. The van der Waals surface area contributed by atoms with Gasteiger partial charge in [-0.1, -0.05) is 45.3 Å². The summed E-state index contributed by atoms with van der Waals surface area (Å²) in [4.78, 5) is 22.3. The van der Waals surface area contributed by atoms with E-state index in [2.05, 4.69) is 25.3 Å². The van der Waals surface area contributed by atoms with Crippen LogP contribution in [0.3, 0.4) is 0 Å². The minimum Gasteiger partial charge on any atom is -0.493 e. The molecule has 0 N–H and O–H groups in total. The second-order valence-electron chi connectivity index (χ2n) is 14.4. The number of benzene rings is 1. The molecule has 3 fully saturated rings. The van der Waals surface area contributed by atoms with E-state index in [4.69, 9.17) is 23.7 Å². The zero-order valence-corrected chi connectivity index (χ0v) is 28.6. The summed E-state index contributed by atoms with van der Waals surface area (Å²) in [7, 11) is 0. The van der Waals surface area contributed by atoms with Crippen LogP contribution in [0.4, 0.5) is 0 Å². The first-order valence-corrected chi connectivity index (χ1v) is 18.7. The number of hydrogen-bond donors (Lipinski definition) is 0. The molecule has 1 aromatic rings. The van der Waals surface area contributed by atoms with Crippen molar-refractivity contribution >= 4 is 11.9 Å². The van der Waals surface area contributed by atoms with Gasteiger partial charge >= 0.3 is 11.9 Å². The largest absolute Gasteiger partial charge is 0.493 e. The standard InChI is InChI=1S/C40H58O7/c1-3-37(41)44-24-7-5-6-10-29-11-13-30(14-12-29)27-46-35-21-22-36(40-33-18-17-32(26-33)39(35)40)47-28-31-15-19-34(20-16-31)43-23-8-9-25-45-38(42)4-2/h3-4,21-22,29-34H,1-2,5-20,23-28H2. The fourth-order valence-corrected chi connectivity index (χ4v) is 8.39. The molecule has 1 aromatic carbocycles. The minimum atomic E-state index is -0.357. The van der Waals surface area contributed by atoms with Gasteiger partial charge in [-0.3, -0.25) is 0 Å². The zero-order valence-electron chi connectivity index (χ0n) is 28.6. The maximum Gasteiger partial charge on any atom is 0.330 e. The maximum atomic E-state index is 11.1. The Morgan fingerprint density at radius 3 is 1.66 bits per heavy atom. The molecular formula is C40H58O7. The molecule has 0 heterocycles. The lowest BCUT2D eigenvalue weighted by atomic mass is 9.80. The quantitative estimate of drug-likeness (QED) is 0.0792. The molecule has 2 atom stereocenters. The van der Waals surface area contributed by atoms with E-state index in [-0.39, 0.29) is 11.9 Å². The van der Waals surface area contributed by atoms with E-state index >= 15 is 0 Å². The number of carbonyl (C=O) groups is 2. The summed E-state index contributed by atoms with van der Waals surface area (Å²) in [5, 5.41) is 0. The summed E-state index contributed by atoms with van der Waals surface area (Å²) < 4.78 is 29.4. The smallest absolute Gasteiger partial charge is 0.330 e. The number of carbonyl (C=O) groups excluding carboxylic acids is 2. The number of unbranched alkanes of at least 4 members (excludes halogenated alkanes) is 3. The summed E-state index contributed by atoms with van der Waals surface area (Å²) in [6.07, 6.45) is 22.5. The average Bonchev–Trinajstić information content (AvgIpc) is 3.74. The Hall–Kier alpha value is -2.80. The highest BCUT2D eigenvalue weighted by Gasteiger charge is 2.41. The third kappa shape index (κ3) is 10.6. The molecule has 0 spiro atoms. The fourth-order valence-electron chi connectivity index (χ4n) is 8.39. The van der Waals surface area contributed by atoms with Gasteiger partial charge in [0, 0.05) is 29.9 Å². The highest BCUT2D eigenvalue weighted by Crippen LogP contribution is 2.58. The summed E-state index contributed by atoms with van der Waals surface area (Å²) in [6.45, 7) is 10.1. The van der Waals surface area contributed by atoms with Crippen molar-refractivity contribution in [2.75, 3.05) is 33.0 Å². The number of rotatable bonds is 20. The summed E-state index contributed by atoms with van der Waals surface area (Å²) in [5.41, 5.74) is 2.92. The lowest BCUT2D eigenvalue weighted by molar-refractivity contribution is -0.138. The van der Waals surface area contributed by atoms with Gasteiger partial charge in [0.05, 0.1) is 32.5 Å². The van der Waals surface area contributed by atoms with E-state index in [1.165, 1.54) is 81.1 Å². The molecule has 5 rings (SSSR count). The van der Waals surface area contributed by atoms with Gasteiger partial charge in [-0.2, -0.15) is 0 Å². The molecule has 0 aromatic heterocycles. The number of hydrogen-bond acceptors (Lipinski definition) is 7. The predicted octanol–water partition coefficient (Wildman–Crippen LogP) is 8.99. The van der Waals surface area contributed by atoms with Crippen LogP contribution in [0, 0.1) is 17.8 Å². The zero-order chi connectivity index (χ0) is 32.8. The van der Waals surface area contributed by atoms with Gasteiger partial charge in [-0.15, -0.1) is 0 Å². The van der Waals surface area contributed by atoms with Crippen LogP contribution < -0.4 is 9.47 Å². The van der Waals surface area contributed by atoms with E-state index < -0.39 is 0 Å². The summed E-state index contributed by atoms with van der Waals surface area (Å²) >= 11 is 0. The van der Waals surface area contributed by atoms with Crippen molar-refractivity contribution in [1.82, 2.24) is 0 Å². The third-order valence-corrected chi connectivity index (χ3v) is 11.1. The van der Waals surface area contributed by atoms with Gasteiger partial charge in [0.15, 0.2) is 0 Å². The Balaban J connectivity index is 0.992. The third-order valence-electron chi connectivity index (χ3n) is 11.1. The second-order valence-corrected chi connectivity index (χ2v) is 14.4. The van der Waals surface area contributed by atoms with Crippen molar-refractivity contribution in [3.8, 4) is 11.5 Å². The van der Waals surface area contributed by atoms with Crippen molar-refractivity contribution in [3.05, 3.63) is 48.6 Å². The van der Waals surface area contributed by atoms with Crippen LogP contribution in [0.15, 0.2) is 37.4 Å². The molecule has 0 amide bonds. The molecule has 7 heteroatoms. The first-order chi connectivity index (χ1) is 23.0. The lowest BCUT2D eigenvalue weighted by Gasteiger charge is -2.30. The van der Waals surface area contributed by atoms with Gasteiger partial charge in [0.2, 0.25) is 0 Å². The normalized spacial score (nSPS) is 26.3. The molecule has 4 aliphatic rings. The van der Waals surface area contributed by atoms with Crippen molar-refractivity contribution in [3.63, 3.8) is 0 Å². The lowest BCUT2D eigenvalue weighted by Crippen LogP contribution is -2.25. The topological polar surface area (TPSA) is 80.3 Å². The first kappa shape index (κ1) is 35.5. The molecular weight excluding hydrogens is 592 g/mol. The first-order valence-electron chi connectivity index (χ1n) is 18.7. The van der Waals surface area contributed by atoms with Crippen LogP contribution in [0.25, 0.3) is 0 Å². The van der Waals surface area contributed by atoms with Crippen molar-refractivity contribution in [2.45, 2.75) is 127 Å². The van der Waals surface area contributed by atoms with Gasteiger partial charge in [0.1, 0.15) is 11.5 Å². The van der Waals surface area contributed by atoms with E-state index in [1.807, 2.05) is 0 Å². The highest BCUT2D eigenvalue weighted by molar-refractivity contribution is 5.81. The summed E-state index contributed by atoms with van der Waals surface area (Å²) in [6, 6.07) is 4.40. The van der Waals surface area contributed by atoms with Gasteiger partial charge in [0.25, 0.3) is 0 Å². The molecule has 3 saturated carbocycles. The fraction of sp³-hybridized carbons (Fsp3) is 0.700. The minimum absolute atomic E-state index is 0.320. The average molecular weight is 651 g/mol. The maximum absolute atomic E-state index is 11.1. The van der Waals surface area contributed by atoms with Crippen molar-refractivity contribution < 1.29 is 33.3 Å². The molecule has 2 unspecified atom stereocenters. The Labute approximate surface area is 282 Å². The van der Waals surface area contributed by atoms with Gasteiger partial charge in [-0.05, 0) is 119 Å². The van der Waals surface area contributed by atoms with Crippen LogP contribution >= 0.6 is 0 Å². The second kappa shape index (κ2) is 18.7. The highest BCUT2D eigenvalue weighted by atomic mass is 16.5. The molecule has 2 bridgehead atoms. The Bertz CT molecular complexity index is 1070. The SMILES string of the molecule is C=CC(=O)OCCCCCC1CCC(COc2ccc(OCC3CCC(OCCCCOC(=O)C=C)CC3)c3c2C2CCC3C2)CC1. The summed E-state index contributed by atoms with van der Waals surface area (Å²) in [5.74, 6) is 4.86. The monoisotopic (exact) mass is 650 g/mol. The van der Waals surface area contributed by atoms with Gasteiger partial charge in [-0.25, -0.2) is 9.59 Å². The Morgan fingerprint density at radius 1 is 0.617 bits per heavy atom. The molecule has 47 heavy (non-hydrogen) atoms. The molecule has 7 nitrogen and oxygen atoms in total. The van der Waals surface area contributed by atoms with E-state index in [0.717, 1.165) is 88.6 Å². The van der Waals surface area contributed by atoms with Crippen molar-refractivity contribution in [2.24, 2.45) is 17.8 Å². The molecule has 260 valence electrons. The van der Waals surface area contributed by atoms with Crippen LogP contribution in [0.2, 0.25) is 0 Å². The van der Waals surface area contributed by atoms with Crippen LogP contribution in [0.5, 0.6) is 11.5 Å². The van der Waals surface area contributed by atoms with Crippen LogP contribution in [-0.2, 0) is 23.8 Å². The van der Waals surface area contributed by atoms with E-state index in [9.17, 15) is 9.59 Å². The Kier molecular flexibility index (Phi) is 14.1. The van der Waals surface area contributed by atoms with E-state index in [1.54, 1.807) is 0 Å². The molecule has 0 saturated heterocycles. The van der Waals surface area contributed by atoms with Crippen LogP contribution in [-0.4, -0.2) is 51.1 Å². The Morgan fingerprint density at radius 2 is 1.11 bits per heavy atom. The predicted molar refractivity (Wildman–Crippen MR) is 184 cm³/mol. The number of ether oxygens (including phenoxy) is 5. The molecule has 0 aliphatic heterocycles. The van der Waals surface area contributed by atoms with Crippen LogP contribution in [0.1, 0.15) is 132 Å². The van der Waals surface area contributed by atoms with E-state index in [0.29, 0.717) is 43.0 Å². The van der Waals surface area contributed by atoms with Crippen molar-refractivity contribution in [1.29, 1.82) is 0 Å².